The number of anilines is 2. The summed E-state index contributed by atoms with van der Waals surface area (Å²) in [7, 11) is -3.56. The molecular formula is C20H21N3O4S. The van der Waals surface area contributed by atoms with Crippen molar-refractivity contribution in [1.29, 1.82) is 0 Å². The first-order valence-corrected chi connectivity index (χ1v) is 10.9. The van der Waals surface area contributed by atoms with Gasteiger partial charge >= 0.3 is 0 Å². The van der Waals surface area contributed by atoms with Crippen molar-refractivity contribution < 1.29 is 17.6 Å². The van der Waals surface area contributed by atoms with Crippen LogP contribution in [0.2, 0.25) is 0 Å². The number of aromatic nitrogens is 1. The fraction of sp³-hybridized carbons (Fsp3) is 0.350. The first-order valence-electron chi connectivity index (χ1n) is 9.47. The molecule has 2 aliphatic rings. The van der Waals surface area contributed by atoms with E-state index in [-0.39, 0.29) is 4.90 Å². The molecule has 2 aromatic carbocycles. The molecule has 7 nitrogen and oxygen atoms in total. The number of morpholine rings is 1. The molecule has 28 heavy (non-hydrogen) atoms. The quantitative estimate of drug-likeness (QED) is 0.726. The standard InChI is InChI=1S/C20H21N3O4S/c24-28(25,23-8-10-26-11-9-23)17-6-7-19-18(13-17)22-20(27-19)21-16-5-4-14-2-1-3-15(14)12-16/h4-7,12-13H,1-3,8-11H2,(H,21,22). The second-order valence-electron chi connectivity index (χ2n) is 7.13. The molecule has 1 saturated heterocycles. The van der Waals surface area contributed by atoms with Crippen molar-refractivity contribution in [2.75, 3.05) is 31.6 Å². The Hall–Kier alpha value is -2.42. The van der Waals surface area contributed by atoms with E-state index >= 15 is 0 Å². The van der Waals surface area contributed by atoms with Crippen molar-refractivity contribution in [1.82, 2.24) is 9.29 Å². The maximum absolute atomic E-state index is 12.8. The number of sulfonamides is 1. The first-order chi connectivity index (χ1) is 13.6. The van der Waals surface area contributed by atoms with Crippen LogP contribution >= 0.6 is 0 Å². The molecule has 0 saturated carbocycles. The van der Waals surface area contributed by atoms with Crippen molar-refractivity contribution in [3.05, 3.63) is 47.5 Å². The first kappa shape index (κ1) is 17.7. The minimum atomic E-state index is -3.56. The number of rotatable bonds is 4. The molecule has 146 valence electrons. The summed E-state index contributed by atoms with van der Waals surface area (Å²) in [5, 5.41) is 3.19. The fourth-order valence-electron chi connectivity index (χ4n) is 3.83. The number of fused-ring (bicyclic) bond motifs is 2. The van der Waals surface area contributed by atoms with Crippen LogP contribution in [-0.4, -0.2) is 44.0 Å². The number of aryl methyl sites for hydroxylation is 2. The number of benzene rings is 2. The van der Waals surface area contributed by atoms with Gasteiger partial charge in [-0.2, -0.15) is 9.29 Å². The Bertz CT molecular complexity index is 1130. The average Bonchev–Trinajstić information content (AvgIpc) is 3.33. The summed E-state index contributed by atoms with van der Waals surface area (Å²) < 4.78 is 38.1. The number of nitrogens with zero attached hydrogens (tertiary/aromatic N) is 2. The van der Waals surface area contributed by atoms with Crippen LogP contribution in [0.15, 0.2) is 45.7 Å². The third-order valence-electron chi connectivity index (χ3n) is 5.32. The molecule has 5 rings (SSSR count). The van der Waals surface area contributed by atoms with E-state index in [4.69, 9.17) is 9.15 Å². The van der Waals surface area contributed by atoms with Gasteiger partial charge in [-0.25, -0.2) is 8.42 Å². The van der Waals surface area contributed by atoms with Crippen LogP contribution in [0.5, 0.6) is 0 Å². The fourth-order valence-corrected chi connectivity index (χ4v) is 5.26. The zero-order chi connectivity index (χ0) is 19.1. The van der Waals surface area contributed by atoms with Crippen LogP contribution < -0.4 is 5.32 Å². The SMILES string of the molecule is O=S(=O)(c1ccc2oc(Nc3ccc4c(c3)CCC4)nc2c1)N1CCOCC1. The number of hydrogen-bond donors (Lipinski definition) is 1. The highest BCUT2D eigenvalue weighted by atomic mass is 32.2. The van der Waals surface area contributed by atoms with Crippen LogP contribution in [-0.2, 0) is 27.6 Å². The molecule has 0 unspecified atom stereocenters. The highest BCUT2D eigenvalue weighted by molar-refractivity contribution is 7.89. The molecule has 1 aliphatic heterocycles. The predicted molar refractivity (Wildman–Crippen MR) is 105 cm³/mol. The number of ether oxygens (including phenoxy) is 1. The zero-order valence-electron chi connectivity index (χ0n) is 15.3. The van der Waals surface area contributed by atoms with Crippen LogP contribution in [0.1, 0.15) is 17.5 Å². The highest BCUT2D eigenvalue weighted by Gasteiger charge is 2.27. The smallest absolute Gasteiger partial charge is 0.300 e. The summed E-state index contributed by atoms with van der Waals surface area (Å²) in [5.74, 6) is 0. The van der Waals surface area contributed by atoms with Gasteiger partial charge in [-0.3, -0.25) is 0 Å². The third-order valence-corrected chi connectivity index (χ3v) is 7.21. The summed E-state index contributed by atoms with van der Waals surface area (Å²) in [6.45, 7) is 1.56. The van der Waals surface area contributed by atoms with Gasteiger partial charge in [-0.1, -0.05) is 6.07 Å². The lowest BCUT2D eigenvalue weighted by Gasteiger charge is -2.25. The van der Waals surface area contributed by atoms with Gasteiger partial charge in [0.15, 0.2) is 5.58 Å². The normalized spacial score (nSPS) is 17.7. The summed E-state index contributed by atoms with van der Waals surface area (Å²) in [4.78, 5) is 4.66. The molecule has 1 aliphatic carbocycles. The lowest BCUT2D eigenvalue weighted by Crippen LogP contribution is -2.40. The molecule has 1 N–H and O–H groups in total. The zero-order valence-corrected chi connectivity index (χ0v) is 16.2. The molecule has 0 amide bonds. The molecule has 0 atom stereocenters. The second-order valence-corrected chi connectivity index (χ2v) is 9.06. The van der Waals surface area contributed by atoms with E-state index < -0.39 is 10.0 Å². The highest BCUT2D eigenvalue weighted by Crippen LogP contribution is 2.29. The Morgan fingerprint density at radius 1 is 1.00 bits per heavy atom. The van der Waals surface area contributed by atoms with E-state index in [1.165, 1.54) is 21.9 Å². The van der Waals surface area contributed by atoms with E-state index in [2.05, 4.69) is 22.4 Å². The van der Waals surface area contributed by atoms with Crippen molar-refractivity contribution in [2.45, 2.75) is 24.2 Å². The van der Waals surface area contributed by atoms with Gasteiger partial charge in [0.05, 0.1) is 18.1 Å². The molecule has 2 heterocycles. The van der Waals surface area contributed by atoms with Gasteiger partial charge in [-0.05, 0) is 60.7 Å². The second kappa shape index (κ2) is 6.88. The van der Waals surface area contributed by atoms with Gasteiger partial charge in [-0.15, -0.1) is 0 Å². The minimum Gasteiger partial charge on any atom is -0.423 e. The Labute approximate surface area is 163 Å². The Balaban J connectivity index is 1.42. The van der Waals surface area contributed by atoms with Gasteiger partial charge in [0.25, 0.3) is 6.01 Å². The van der Waals surface area contributed by atoms with Gasteiger partial charge in [0.1, 0.15) is 5.52 Å². The van der Waals surface area contributed by atoms with Gasteiger partial charge in [0, 0.05) is 18.8 Å². The van der Waals surface area contributed by atoms with Crippen molar-refractivity contribution in [3.63, 3.8) is 0 Å². The number of oxazole rings is 1. The van der Waals surface area contributed by atoms with Crippen LogP contribution in [0.25, 0.3) is 11.1 Å². The van der Waals surface area contributed by atoms with Crippen molar-refractivity contribution in [2.24, 2.45) is 0 Å². The minimum absolute atomic E-state index is 0.222. The largest absolute Gasteiger partial charge is 0.423 e. The maximum atomic E-state index is 12.8. The predicted octanol–water partition coefficient (Wildman–Crippen LogP) is 3.08. The van der Waals surface area contributed by atoms with Crippen LogP contribution in [0.4, 0.5) is 11.7 Å². The Morgan fingerprint density at radius 2 is 1.82 bits per heavy atom. The molecule has 8 heteroatoms. The van der Waals surface area contributed by atoms with E-state index in [9.17, 15) is 8.42 Å². The number of hydrogen-bond acceptors (Lipinski definition) is 6. The van der Waals surface area contributed by atoms with E-state index in [1.54, 1.807) is 18.2 Å². The van der Waals surface area contributed by atoms with E-state index in [0.29, 0.717) is 43.4 Å². The Kier molecular flexibility index (Phi) is 4.34. The molecular weight excluding hydrogens is 378 g/mol. The average molecular weight is 399 g/mol. The van der Waals surface area contributed by atoms with Gasteiger partial charge in [0.2, 0.25) is 10.0 Å². The molecule has 3 aromatic rings. The summed E-state index contributed by atoms with van der Waals surface area (Å²) >= 11 is 0. The third kappa shape index (κ3) is 3.17. The lowest BCUT2D eigenvalue weighted by atomic mass is 10.1. The lowest BCUT2D eigenvalue weighted by molar-refractivity contribution is 0.0730. The topological polar surface area (TPSA) is 84.7 Å². The van der Waals surface area contributed by atoms with Crippen molar-refractivity contribution in [3.8, 4) is 0 Å². The van der Waals surface area contributed by atoms with Crippen LogP contribution in [0.3, 0.4) is 0 Å². The number of nitrogens with one attached hydrogen (secondary N) is 1. The monoisotopic (exact) mass is 399 g/mol. The molecule has 0 spiro atoms. The molecule has 1 aromatic heterocycles. The summed E-state index contributed by atoms with van der Waals surface area (Å²) in [6, 6.07) is 11.4. The Morgan fingerprint density at radius 3 is 2.68 bits per heavy atom. The summed E-state index contributed by atoms with van der Waals surface area (Å²) in [5.41, 5.74) is 4.75. The van der Waals surface area contributed by atoms with E-state index in [0.717, 1.165) is 18.5 Å². The van der Waals surface area contributed by atoms with E-state index in [1.807, 2.05) is 6.07 Å². The molecule has 1 fully saturated rings. The van der Waals surface area contributed by atoms with Crippen molar-refractivity contribution >= 4 is 32.8 Å². The maximum Gasteiger partial charge on any atom is 0.300 e. The van der Waals surface area contributed by atoms with Crippen LogP contribution in [0, 0.1) is 0 Å². The van der Waals surface area contributed by atoms with Gasteiger partial charge < -0.3 is 14.5 Å². The molecule has 0 bridgehead atoms. The molecule has 0 radical (unpaired) electrons. The summed E-state index contributed by atoms with van der Waals surface area (Å²) in [6.07, 6.45) is 3.43.